The van der Waals surface area contributed by atoms with Crippen LogP contribution in [0.3, 0.4) is 0 Å². The van der Waals surface area contributed by atoms with Crippen molar-refractivity contribution in [3.05, 3.63) is 24.3 Å². The third kappa shape index (κ3) is 1.74. The van der Waals surface area contributed by atoms with Gasteiger partial charge in [-0.2, -0.15) is 0 Å². The van der Waals surface area contributed by atoms with Crippen LogP contribution in [0.2, 0.25) is 0 Å². The Morgan fingerprint density at radius 3 is 2.92 bits per heavy atom. The normalized spacial score (nSPS) is 22.2. The molecule has 1 aromatic carbocycles. The van der Waals surface area contributed by atoms with E-state index in [1.54, 1.807) is 18.2 Å². The van der Waals surface area contributed by atoms with Gasteiger partial charge < -0.3 is 10.0 Å². The molecule has 0 radical (unpaired) electrons. The first-order chi connectivity index (χ1) is 6.25. The van der Waals surface area contributed by atoms with Gasteiger partial charge in [-0.25, -0.2) is 4.39 Å². The third-order valence-corrected chi connectivity index (χ3v) is 2.33. The second-order valence-corrected chi connectivity index (χ2v) is 3.35. The van der Waals surface area contributed by atoms with Crippen molar-refractivity contribution < 1.29 is 9.50 Å². The van der Waals surface area contributed by atoms with Gasteiger partial charge in [0, 0.05) is 24.8 Å². The van der Waals surface area contributed by atoms with E-state index in [0.29, 0.717) is 13.0 Å². The molecule has 1 N–H and O–H groups in total. The molecule has 1 heterocycles. The average Bonchev–Trinajstić information content (AvgIpc) is 2.52. The second-order valence-electron chi connectivity index (χ2n) is 3.35. The third-order valence-electron chi connectivity index (χ3n) is 2.33. The number of hydrogen-bond donors (Lipinski definition) is 1. The van der Waals surface area contributed by atoms with E-state index in [2.05, 4.69) is 0 Å². The van der Waals surface area contributed by atoms with Crippen molar-refractivity contribution in [2.24, 2.45) is 0 Å². The number of nitrogens with zero attached hydrogens (tertiary/aromatic N) is 1. The molecule has 1 saturated heterocycles. The quantitative estimate of drug-likeness (QED) is 0.715. The Hall–Kier alpha value is -1.25. The number of aromatic hydroxyl groups is 1. The number of rotatable bonds is 1. The SMILES string of the molecule is Oc1cccc(N2CCC(F)C2)c1. The summed E-state index contributed by atoms with van der Waals surface area (Å²) in [6.07, 6.45) is -0.127. The minimum Gasteiger partial charge on any atom is -0.508 e. The predicted octanol–water partition coefficient (Wildman–Crippen LogP) is 1.94. The zero-order valence-corrected chi connectivity index (χ0v) is 7.28. The lowest BCUT2D eigenvalue weighted by Crippen LogP contribution is -2.19. The zero-order valence-electron chi connectivity index (χ0n) is 7.28. The smallest absolute Gasteiger partial charge is 0.119 e. The maximum atomic E-state index is 12.9. The van der Waals surface area contributed by atoms with Gasteiger partial charge in [0.25, 0.3) is 0 Å². The van der Waals surface area contributed by atoms with E-state index in [1.807, 2.05) is 11.0 Å². The van der Waals surface area contributed by atoms with Crippen molar-refractivity contribution in [3.63, 3.8) is 0 Å². The first kappa shape index (κ1) is 8.35. The predicted molar refractivity (Wildman–Crippen MR) is 49.8 cm³/mol. The maximum absolute atomic E-state index is 12.9. The Balaban J connectivity index is 2.16. The molecule has 0 aliphatic carbocycles. The fourth-order valence-corrected chi connectivity index (χ4v) is 1.64. The van der Waals surface area contributed by atoms with E-state index in [1.165, 1.54) is 0 Å². The lowest BCUT2D eigenvalue weighted by molar-refractivity contribution is 0.364. The number of alkyl halides is 1. The van der Waals surface area contributed by atoms with Crippen molar-refractivity contribution in [3.8, 4) is 5.75 Å². The number of benzene rings is 1. The van der Waals surface area contributed by atoms with E-state index in [0.717, 1.165) is 12.2 Å². The average molecular weight is 181 g/mol. The second kappa shape index (κ2) is 3.24. The molecule has 13 heavy (non-hydrogen) atoms. The molecule has 0 aromatic heterocycles. The topological polar surface area (TPSA) is 23.5 Å². The van der Waals surface area contributed by atoms with Crippen LogP contribution in [0.4, 0.5) is 10.1 Å². The Morgan fingerprint density at radius 2 is 2.31 bits per heavy atom. The maximum Gasteiger partial charge on any atom is 0.119 e. The van der Waals surface area contributed by atoms with Crippen molar-refractivity contribution in [2.45, 2.75) is 12.6 Å². The summed E-state index contributed by atoms with van der Waals surface area (Å²) >= 11 is 0. The number of anilines is 1. The van der Waals surface area contributed by atoms with E-state index < -0.39 is 6.17 Å². The van der Waals surface area contributed by atoms with Crippen molar-refractivity contribution in [2.75, 3.05) is 18.0 Å². The van der Waals surface area contributed by atoms with Crippen LogP contribution in [0.1, 0.15) is 6.42 Å². The van der Waals surface area contributed by atoms with Gasteiger partial charge in [-0.15, -0.1) is 0 Å². The minimum absolute atomic E-state index is 0.236. The Bertz CT molecular complexity index is 303. The summed E-state index contributed by atoms with van der Waals surface area (Å²) in [4.78, 5) is 1.95. The largest absolute Gasteiger partial charge is 0.508 e. The molecular formula is C10H12FNO. The van der Waals surface area contributed by atoms with Gasteiger partial charge in [-0.1, -0.05) is 6.07 Å². The van der Waals surface area contributed by atoms with Crippen LogP contribution in [0.5, 0.6) is 5.75 Å². The number of phenolic OH excluding ortho intramolecular Hbond substituents is 1. The van der Waals surface area contributed by atoms with Crippen LogP contribution in [0, 0.1) is 0 Å². The van der Waals surface area contributed by atoms with Crippen LogP contribution < -0.4 is 4.90 Å². The standard InChI is InChI=1S/C10H12FNO/c11-8-4-5-12(7-8)9-2-1-3-10(13)6-9/h1-3,6,8,13H,4-5,7H2. The summed E-state index contributed by atoms with van der Waals surface area (Å²) in [5, 5.41) is 9.22. The van der Waals surface area contributed by atoms with Gasteiger partial charge in [0.15, 0.2) is 0 Å². The van der Waals surface area contributed by atoms with E-state index in [4.69, 9.17) is 0 Å². The van der Waals surface area contributed by atoms with Crippen LogP contribution in [-0.2, 0) is 0 Å². The Kier molecular flexibility index (Phi) is 2.08. The summed E-state index contributed by atoms with van der Waals surface area (Å²) < 4.78 is 12.9. The molecule has 70 valence electrons. The Labute approximate surface area is 76.6 Å². The van der Waals surface area contributed by atoms with Gasteiger partial charge in [0.2, 0.25) is 0 Å². The van der Waals surface area contributed by atoms with Crippen LogP contribution in [0.15, 0.2) is 24.3 Å². The zero-order chi connectivity index (χ0) is 9.26. The lowest BCUT2D eigenvalue weighted by Gasteiger charge is -2.17. The highest BCUT2D eigenvalue weighted by atomic mass is 19.1. The summed E-state index contributed by atoms with van der Waals surface area (Å²) in [6, 6.07) is 6.94. The molecule has 1 aromatic rings. The fraction of sp³-hybridized carbons (Fsp3) is 0.400. The van der Waals surface area contributed by atoms with E-state index >= 15 is 0 Å². The highest BCUT2D eigenvalue weighted by Gasteiger charge is 2.21. The number of hydrogen-bond acceptors (Lipinski definition) is 2. The molecule has 0 amide bonds. The van der Waals surface area contributed by atoms with Crippen molar-refractivity contribution in [1.29, 1.82) is 0 Å². The van der Waals surface area contributed by atoms with Gasteiger partial charge >= 0.3 is 0 Å². The number of halogens is 1. The molecule has 3 heteroatoms. The van der Waals surface area contributed by atoms with Crippen molar-refractivity contribution in [1.82, 2.24) is 0 Å². The lowest BCUT2D eigenvalue weighted by atomic mass is 10.3. The fourth-order valence-electron chi connectivity index (χ4n) is 1.64. The first-order valence-corrected chi connectivity index (χ1v) is 4.44. The molecule has 0 bridgehead atoms. The van der Waals surface area contributed by atoms with Crippen molar-refractivity contribution >= 4 is 5.69 Å². The highest BCUT2D eigenvalue weighted by molar-refractivity contribution is 5.51. The Morgan fingerprint density at radius 1 is 1.46 bits per heavy atom. The molecule has 2 nitrogen and oxygen atoms in total. The molecule has 1 unspecified atom stereocenters. The first-order valence-electron chi connectivity index (χ1n) is 4.44. The molecule has 1 atom stereocenters. The van der Waals surface area contributed by atoms with E-state index in [-0.39, 0.29) is 5.75 Å². The minimum atomic E-state index is -0.720. The molecule has 1 aliphatic heterocycles. The highest BCUT2D eigenvalue weighted by Crippen LogP contribution is 2.24. The summed E-state index contributed by atoms with van der Waals surface area (Å²) in [5.41, 5.74) is 0.903. The summed E-state index contributed by atoms with van der Waals surface area (Å²) in [7, 11) is 0. The van der Waals surface area contributed by atoms with Crippen LogP contribution in [0.25, 0.3) is 0 Å². The molecular weight excluding hydrogens is 169 g/mol. The van der Waals surface area contributed by atoms with Crippen LogP contribution in [-0.4, -0.2) is 24.4 Å². The van der Waals surface area contributed by atoms with Gasteiger partial charge in [0.1, 0.15) is 11.9 Å². The molecule has 1 aliphatic rings. The number of phenols is 1. The molecule has 2 rings (SSSR count). The van der Waals surface area contributed by atoms with Gasteiger partial charge in [-0.05, 0) is 18.6 Å². The summed E-state index contributed by atoms with van der Waals surface area (Å²) in [6.45, 7) is 1.19. The monoisotopic (exact) mass is 181 g/mol. The van der Waals surface area contributed by atoms with E-state index in [9.17, 15) is 9.50 Å². The van der Waals surface area contributed by atoms with Gasteiger partial charge in [0.05, 0.1) is 0 Å². The summed E-state index contributed by atoms with van der Waals surface area (Å²) in [5.74, 6) is 0.236. The molecule has 1 fully saturated rings. The molecule has 0 saturated carbocycles. The van der Waals surface area contributed by atoms with Gasteiger partial charge in [-0.3, -0.25) is 0 Å². The molecule has 0 spiro atoms. The van der Waals surface area contributed by atoms with Crippen LogP contribution >= 0.6 is 0 Å².